The van der Waals surface area contributed by atoms with Gasteiger partial charge in [0.05, 0.1) is 6.26 Å². The number of benzene rings is 2. The van der Waals surface area contributed by atoms with E-state index in [1.807, 2.05) is 37.3 Å². The molecule has 0 saturated heterocycles. The maximum Gasteiger partial charge on any atom is 0.122 e. The highest BCUT2D eigenvalue weighted by atomic mass is 16.5. The van der Waals surface area contributed by atoms with Gasteiger partial charge in [-0.1, -0.05) is 48.0 Å². The third-order valence-electron chi connectivity index (χ3n) is 2.98. The Morgan fingerprint density at radius 1 is 0.950 bits per heavy atom. The average Bonchev–Trinajstić information content (AvgIpc) is 2.48. The van der Waals surface area contributed by atoms with Crippen LogP contribution in [0.15, 0.2) is 60.9 Å². The molecule has 0 aliphatic carbocycles. The molecule has 0 aliphatic heterocycles. The molecule has 0 spiro atoms. The topological polar surface area (TPSA) is 18.5 Å². The largest absolute Gasteiger partial charge is 0.497 e. The van der Waals surface area contributed by atoms with E-state index in [1.165, 1.54) is 11.1 Å². The van der Waals surface area contributed by atoms with Crippen LogP contribution < -0.4 is 4.74 Å². The molecule has 2 heteroatoms. The van der Waals surface area contributed by atoms with E-state index in [4.69, 9.17) is 9.47 Å². The number of ether oxygens (including phenoxy) is 2. The molecular weight excluding hydrogens is 248 g/mol. The minimum Gasteiger partial charge on any atom is -0.497 e. The van der Waals surface area contributed by atoms with Crippen LogP contribution in [0.4, 0.5) is 0 Å². The Hall–Kier alpha value is -2.22. The summed E-state index contributed by atoms with van der Waals surface area (Å²) in [4.78, 5) is 0. The van der Waals surface area contributed by atoms with Crippen molar-refractivity contribution in [2.24, 2.45) is 0 Å². The Balaban J connectivity index is 1.74. The zero-order valence-corrected chi connectivity index (χ0v) is 12.0. The summed E-state index contributed by atoms with van der Waals surface area (Å²) in [6.07, 6.45) is 1.79. The van der Waals surface area contributed by atoms with Gasteiger partial charge in [-0.3, -0.25) is 0 Å². The van der Waals surface area contributed by atoms with E-state index in [1.54, 1.807) is 6.26 Å². The summed E-state index contributed by atoms with van der Waals surface area (Å²) in [5.41, 5.74) is 3.56. The predicted octanol–water partition coefficient (Wildman–Crippen LogP) is 4.45. The lowest BCUT2D eigenvalue weighted by Gasteiger charge is -2.07. The maximum atomic E-state index is 5.55. The standard InChI is InChI=1S/C18H20O2/c1-15-8-10-17(11-9-15)16(2)14-19-12-13-20-18-6-4-3-5-7-18/h3-11,14H,12-13H2,1-2H3/b16-14+. The second kappa shape index (κ2) is 7.39. The number of para-hydroxylation sites is 1. The molecule has 0 unspecified atom stereocenters. The van der Waals surface area contributed by atoms with Crippen LogP contribution >= 0.6 is 0 Å². The van der Waals surface area contributed by atoms with Crippen molar-refractivity contribution in [3.05, 3.63) is 72.0 Å². The smallest absolute Gasteiger partial charge is 0.122 e. The molecule has 0 atom stereocenters. The minimum atomic E-state index is 0.540. The summed E-state index contributed by atoms with van der Waals surface area (Å²) < 4.78 is 11.1. The molecular formula is C18H20O2. The summed E-state index contributed by atoms with van der Waals surface area (Å²) in [5.74, 6) is 0.871. The highest BCUT2D eigenvalue weighted by Crippen LogP contribution is 2.14. The second-order valence-electron chi connectivity index (χ2n) is 4.70. The molecule has 104 valence electrons. The Labute approximate surface area is 120 Å². The molecule has 2 rings (SSSR count). The summed E-state index contributed by atoms with van der Waals surface area (Å²) in [6, 6.07) is 18.2. The van der Waals surface area contributed by atoms with Gasteiger partial charge in [0.25, 0.3) is 0 Å². The van der Waals surface area contributed by atoms with Gasteiger partial charge in [-0.15, -0.1) is 0 Å². The zero-order chi connectivity index (χ0) is 14.2. The molecule has 0 aliphatic rings. The SMILES string of the molecule is C/C(=C\OCCOc1ccccc1)c1ccc(C)cc1. The molecule has 0 bridgehead atoms. The van der Waals surface area contributed by atoms with Crippen molar-refractivity contribution in [1.29, 1.82) is 0 Å². The molecule has 2 nitrogen and oxygen atoms in total. The number of hydrogen-bond donors (Lipinski definition) is 0. The van der Waals surface area contributed by atoms with Crippen molar-refractivity contribution in [3.8, 4) is 5.75 Å². The van der Waals surface area contributed by atoms with E-state index in [2.05, 4.69) is 31.2 Å². The highest BCUT2D eigenvalue weighted by molar-refractivity contribution is 5.62. The number of rotatable bonds is 6. The van der Waals surface area contributed by atoms with E-state index in [0.29, 0.717) is 13.2 Å². The fourth-order valence-corrected chi connectivity index (χ4v) is 1.79. The van der Waals surface area contributed by atoms with Crippen LogP contribution in [0.25, 0.3) is 5.57 Å². The quantitative estimate of drug-likeness (QED) is 0.569. The van der Waals surface area contributed by atoms with Crippen molar-refractivity contribution < 1.29 is 9.47 Å². The Bertz CT molecular complexity index is 541. The maximum absolute atomic E-state index is 5.55. The second-order valence-corrected chi connectivity index (χ2v) is 4.70. The summed E-state index contributed by atoms with van der Waals surface area (Å²) in [7, 11) is 0. The van der Waals surface area contributed by atoms with Crippen LogP contribution in [0.5, 0.6) is 5.75 Å². The van der Waals surface area contributed by atoms with Crippen LogP contribution in [0.2, 0.25) is 0 Å². The molecule has 20 heavy (non-hydrogen) atoms. The van der Waals surface area contributed by atoms with Crippen molar-refractivity contribution in [2.45, 2.75) is 13.8 Å². The lowest BCUT2D eigenvalue weighted by Crippen LogP contribution is -2.03. The molecule has 2 aromatic rings. The van der Waals surface area contributed by atoms with Crippen molar-refractivity contribution in [3.63, 3.8) is 0 Å². The lowest BCUT2D eigenvalue weighted by molar-refractivity contribution is 0.179. The van der Waals surface area contributed by atoms with Crippen LogP contribution in [0, 0.1) is 6.92 Å². The molecule has 0 radical (unpaired) electrons. The first kappa shape index (κ1) is 14.2. The zero-order valence-electron chi connectivity index (χ0n) is 12.0. The number of allylic oxidation sites excluding steroid dienone is 1. The molecule has 2 aromatic carbocycles. The van der Waals surface area contributed by atoms with Gasteiger partial charge in [0, 0.05) is 0 Å². The van der Waals surface area contributed by atoms with Gasteiger partial charge in [0.1, 0.15) is 19.0 Å². The lowest BCUT2D eigenvalue weighted by atomic mass is 10.1. The first-order chi connectivity index (χ1) is 9.75. The third kappa shape index (κ3) is 4.47. The van der Waals surface area contributed by atoms with E-state index < -0.39 is 0 Å². The molecule has 0 fully saturated rings. The Morgan fingerprint density at radius 2 is 1.65 bits per heavy atom. The monoisotopic (exact) mass is 268 g/mol. The number of aryl methyl sites for hydroxylation is 1. The minimum absolute atomic E-state index is 0.540. The summed E-state index contributed by atoms with van der Waals surface area (Å²) in [5, 5.41) is 0. The molecule has 0 saturated carbocycles. The van der Waals surface area contributed by atoms with Crippen LogP contribution in [-0.4, -0.2) is 13.2 Å². The Kier molecular flexibility index (Phi) is 5.24. The van der Waals surface area contributed by atoms with Gasteiger partial charge in [0.2, 0.25) is 0 Å². The fraction of sp³-hybridized carbons (Fsp3) is 0.222. The summed E-state index contributed by atoms with van der Waals surface area (Å²) >= 11 is 0. The van der Waals surface area contributed by atoms with Crippen LogP contribution in [-0.2, 0) is 4.74 Å². The molecule has 0 heterocycles. The predicted molar refractivity (Wildman–Crippen MR) is 82.7 cm³/mol. The molecule has 0 aromatic heterocycles. The van der Waals surface area contributed by atoms with E-state index in [0.717, 1.165) is 11.3 Å². The van der Waals surface area contributed by atoms with Crippen molar-refractivity contribution in [2.75, 3.05) is 13.2 Å². The molecule has 0 amide bonds. The van der Waals surface area contributed by atoms with E-state index in [-0.39, 0.29) is 0 Å². The van der Waals surface area contributed by atoms with Crippen molar-refractivity contribution in [1.82, 2.24) is 0 Å². The normalized spacial score (nSPS) is 11.2. The Morgan fingerprint density at radius 3 is 2.35 bits per heavy atom. The third-order valence-corrected chi connectivity index (χ3v) is 2.98. The fourth-order valence-electron chi connectivity index (χ4n) is 1.79. The van der Waals surface area contributed by atoms with Crippen molar-refractivity contribution >= 4 is 5.57 Å². The average molecular weight is 268 g/mol. The molecule has 0 N–H and O–H groups in total. The first-order valence-corrected chi connectivity index (χ1v) is 6.79. The van der Waals surface area contributed by atoms with Gasteiger partial charge in [-0.25, -0.2) is 0 Å². The first-order valence-electron chi connectivity index (χ1n) is 6.79. The van der Waals surface area contributed by atoms with Gasteiger partial charge < -0.3 is 9.47 Å². The van der Waals surface area contributed by atoms with Gasteiger partial charge >= 0.3 is 0 Å². The highest BCUT2D eigenvalue weighted by Gasteiger charge is 1.96. The van der Waals surface area contributed by atoms with E-state index >= 15 is 0 Å². The van der Waals surface area contributed by atoms with Crippen LogP contribution in [0.1, 0.15) is 18.1 Å². The van der Waals surface area contributed by atoms with E-state index in [9.17, 15) is 0 Å². The number of hydrogen-bond acceptors (Lipinski definition) is 2. The van der Waals surface area contributed by atoms with Gasteiger partial charge in [0.15, 0.2) is 0 Å². The van der Waals surface area contributed by atoms with Gasteiger partial charge in [-0.05, 0) is 37.1 Å². The van der Waals surface area contributed by atoms with Crippen LogP contribution in [0.3, 0.4) is 0 Å². The van der Waals surface area contributed by atoms with Gasteiger partial charge in [-0.2, -0.15) is 0 Å². The summed E-state index contributed by atoms with van der Waals surface area (Å²) in [6.45, 7) is 5.21.